The molecule has 0 bridgehead atoms. The van der Waals surface area contributed by atoms with E-state index in [0.717, 1.165) is 30.8 Å². The molecule has 2 nitrogen and oxygen atoms in total. The lowest BCUT2D eigenvalue weighted by molar-refractivity contribution is 0.114. The Labute approximate surface area is 108 Å². The third-order valence-electron chi connectivity index (χ3n) is 4.10. The molecule has 1 saturated carbocycles. The summed E-state index contributed by atoms with van der Waals surface area (Å²) in [4.78, 5) is 2.72. The van der Waals surface area contributed by atoms with Gasteiger partial charge in [0.25, 0.3) is 0 Å². The highest BCUT2D eigenvalue weighted by molar-refractivity contribution is 4.80. The van der Waals surface area contributed by atoms with Gasteiger partial charge in [-0.1, -0.05) is 40.0 Å². The smallest absolute Gasteiger partial charge is 0.00980 e. The molecule has 2 heteroatoms. The average Bonchev–Trinajstić information content (AvgIpc) is 2.34. The van der Waals surface area contributed by atoms with Crippen molar-refractivity contribution in [3.63, 3.8) is 0 Å². The zero-order valence-corrected chi connectivity index (χ0v) is 12.1. The summed E-state index contributed by atoms with van der Waals surface area (Å²) < 4.78 is 0. The first-order valence-electron chi connectivity index (χ1n) is 7.61. The Morgan fingerprint density at radius 1 is 1.29 bits per heavy atom. The van der Waals surface area contributed by atoms with Gasteiger partial charge in [0.05, 0.1) is 0 Å². The van der Waals surface area contributed by atoms with Gasteiger partial charge in [0.15, 0.2) is 0 Å². The van der Waals surface area contributed by atoms with Crippen LogP contribution in [0.4, 0.5) is 0 Å². The second kappa shape index (κ2) is 8.10. The predicted molar refractivity (Wildman–Crippen MR) is 76.1 cm³/mol. The molecule has 0 aromatic heterocycles. The second-order valence-corrected chi connectivity index (χ2v) is 6.13. The van der Waals surface area contributed by atoms with E-state index >= 15 is 0 Å². The van der Waals surface area contributed by atoms with Crippen molar-refractivity contribution in [2.24, 2.45) is 17.6 Å². The zero-order valence-electron chi connectivity index (χ0n) is 12.1. The van der Waals surface area contributed by atoms with Crippen LogP contribution in [0.1, 0.15) is 59.3 Å². The molecule has 1 rings (SSSR count). The molecule has 0 radical (unpaired) electrons. The molecular weight excluding hydrogens is 208 g/mol. The minimum atomic E-state index is 0.773. The number of nitrogens with zero attached hydrogens (tertiary/aromatic N) is 1. The third kappa shape index (κ3) is 5.39. The maximum Gasteiger partial charge on any atom is 0.00980 e. The fraction of sp³-hybridized carbons (Fsp3) is 1.00. The van der Waals surface area contributed by atoms with E-state index in [4.69, 9.17) is 5.73 Å². The Hall–Kier alpha value is -0.0800. The lowest BCUT2D eigenvalue weighted by Gasteiger charge is -2.38. The van der Waals surface area contributed by atoms with E-state index in [1.54, 1.807) is 0 Å². The molecule has 1 aliphatic carbocycles. The van der Waals surface area contributed by atoms with Gasteiger partial charge in [-0.25, -0.2) is 0 Å². The van der Waals surface area contributed by atoms with Crippen LogP contribution in [0, 0.1) is 11.8 Å². The van der Waals surface area contributed by atoms with Gasteiger partial charge in [0.1, 0.15) is 0 Å². The summed E-state index contributed by atoms with van der Waals surface area (Å²) in [6.07, 6.45) is 8.24. The Kier molecular flexibility index (Phi) is 7.14. The van der Waals surface area contributed by atoms with Crippen LogP contribution < -0.4 is 5.73 Å². The van der Waals surface area contributed by atoms with Crippen LogP contribution >= 0.6 is 0 Å². The molecule has 2 unspecified atom stereocenters. The molecule has 102 valence electrons. The van der Waals surface area contributed by atoms with Gasteiger partial charge in [-0.15, -0.1) is 0 Å². The second-order valence-electron chi connectivity index (χ2n) is 6.13. The maximum atomic E-state index is 5.66. The fourth-order valence-electron chi connectivity index (χ4n) is 3.15. The lowest BCUT2D eigenvalue weighted by atomic mass is 9.83. The highest BCUT2D eigenvalue weighted by Crippen LogP contribution is 2.30. The topological polar surface area (TPSA) is 29.3 Å². The van der Waals surface area contributed by atoms with Crippen molar-refractivity contribution in [2.45, 2.75) is 65.3 Å². The van der Waals surface area contributed by atoms with Crippen molar-refractivity contribution >= 4 is 0 Å². The Morgan fingerprint density at radius 3 is 2.65 bits per heavy atom. The molecule has 0 spiro atoms. The average molecular weight is 240 g/mol. The lowest BCUT2D eigenvalue weighted by Crippen LogP contribution is -2.42. The van der Waals surface area contributed by atoms with E-state index in [9.17, 15) is 0 Å². The van der Waals surface area contributed by atoms with E-state index in [2.05, 4.69) is 25.7 Å². The highest BCUT2D eigenvalue weighted by atomic mass is 15.2. The summed E-state index contributed by atoms with van der Waals surface area (Å²) in [5.74, 6) is 1.75. The molecule has 0 heterocycles. The molecule has 0 saturated heterocycles. The van der Waals surface area contributed by atoms with Gasteiger partial charge in [-0.05, 0) is 44.2 Å². The number of rotatable bonds is 7. The normalized spacial score (nSPS) is 25.8. The third-order valence-corrected chi connectivity index (χ3v) is 4.10. The van der Waals surface area contributed by atoms with Crippen LogP contribution in [0.5, 0.6) is 0 Å². The number of nitrogens with two attached hydrogens (primary N) is 1. The summed E-state index contributed by atoms with van der Waals surface area (Å²) in [5.41, 5.74) is 5.66. The molecule has 0 aliphatic heterocycles. The highest BCUT2D eigenvalue weighted by Gasteiger charge is 2.25. The first kappa shape index (κ1) is 15.0. The first-order valence-corrected chi connectivity index (χ1v) is 7.61. The quantitative estimate of drug-likeness (QED) is 0.740. The summed E-state index contributed by atoms with van der Waals surface area (Å²) in [7, 11) is 0. The zero-order chi connectivity index (χ0) is 12.7. The molecule has 0 aromatic carbocycles. The monoisotopic (exact) mass is 240 g/mol. The van der Waals surface area contributed by atoms with Gasteiger partial charge in [-0.2, -0.15) is 0 Å². The molecule has 0 amide bonds. The van der Waals surface area contributed by atoms with Crippen LogP contribution in [0.15, 0.2) is 0 Å². The van der Waals surface area contributed by atoms with Gasteiger partial charge in [0, 0.05) is 12.6 Å². The predicted octanol–water partition coefficient (Wildman–Crippen LogP) is 3.26. The molecule has 2 atom stereocenters. The molecule has 1 fully saturated rings. The molecule has 17 heavy (non-hydrogen) atoms. The van der Waals surface area contributed by atoms with Crippen LogP contribution in [0.25, 0.3) is 0 Å². The van der Waals surface area contributed by atoms with Gasteiger partial charge >= 0.3 is 0 Å². The van der Waals surface area contributed by atoms with Gasteiger partial charge in [-0.3, -0.25) is 0 Å². The number of hydrogen-bond donors (Lipinski definition) is 1. The van der Waals surface area contributed by atoms with Crippen LogP contribution in [0.3, 0.4) is 0 Å². The van der Waals surface area contributed by atoms with E-state index in [-0.39, 0.29) is 0 Å². The summed E-state index contributed by atoms with van der Waals surface area (Å²) in [6.45, 7) is 10.3. The summed E-state index contributed by atoms with van der Waals surface area (Å²) in [6, 6.07) is 0.836. The van der Waals surface area contributed by atoms with Crippen LogP contribution in [-0.4, -0.2) is 30.6 Å². The van der Waals surface area contributed by atoms with Crippen molar-refractivity contribution in [1.82, 2.24) is 4.90 Å². The van der Waals surface area contributed by atoms with Crippen LogP contribution in [-0.2, 0) is 0 Å². The minimum Gasteiger partial charge on any atom is -0.330 e. The Bertz CT molecular complexity index is 191. The van der Waals surface area contributed by atoms with Crippen molar-refractivity contribution < 1.29 is 0 Å². The van der Waals surface area contributed by atoms with Crippen molar-refractivity contribution in [1.29, 1.82) is 0 Å². The standard InChI is InChI=1S/C15H32N2/c1-4-14-7-5-8-15(11-14)17(10-6-9-16)12-13(2)3/h13-15H,4-12,16H2,1-3H3. The minimum absolute atomic E-state index is 0.773. The molecule has 1 aliphatic rings. The van der Waals surface area contributed by atoms with Crippen LogP contribution in [0.2, 0.25) is 0 Å². The Morgan fingerprint density at radius 2 is 2.06 bits per heavy atom. The van der Waals surface area contributed by atoms with E-state index < -0.39 is 0 Å². The van der Waals surface area contributed by atoms with Gasteiger partial charge in [0.2, 0.25) is 0 Å². The molecule has 2 N–H and O–H groups in total. The van der Waals surface area contributed by atoms with Crippen molar-refractivity contribution in [3.05, 3.63) is 0 Å². The number of hydrogen-bond acceptors (Lipinski definition) is 2. The largest absolute Gasteiger partial charge is 0.330 e. The van der Waals surface area contributed by atoms with Crippen molar-refractivity contribution in [2.75, 3.05) is 19.6 Å². The SMILES string of the molecule is CCC1CCCC(N(CCCN)CC(C)C)C1. The molecular formula is C15H32N2. The van der Waals surface area contributed by atoms with E-state index in [1.165, 1.54) is 45.2 Å². The van der Waals surface area contributed by atoms with Crippen molar-refractivity contribution in [3.8, 4) is 0 Å². The maximum absolute atomic E-state index is 5.66. The summed E-state index contributed by atoms with van der Waals surface area (Å²) in [5, 5.41) is 0. The Balaban J connectivity index is 2.48. The van der Waals surface area contributed by atoms with E-state index in [0.29, 0.717) is 0 Å². The summed E-state index contributed by atoms with van der Waals surface area (Å²) >= 11 is 0. The van der Waals surface area contributed by atoms with E-state index in [1.807, 2.05) is 0 Å². The molecule has 0 aromatic rings. The first-order chi connectivity index (χ1) is 8.17. The van der Waals surface area contributed by atoms with Gasteiger partial charge < -0.3 is 10.6 Å². The fourth-order valence-corrected chi connectivity index (χ4v) is 3.15.